The number of ether oxygens (including phenoxy) is 1. The van der Waals surface area contributed by atoms with Crippen molar-refractivity contribution in [2.24, 2.45) is 0 Å². The van der Waals surface area contributed by atoms with Crippen LogP contribution in [0, 0.1) is 0 Å². The van der Waals surface area contributed by atoms with Crippen molar-refractivity contribution in [2.75, 3.05) is 0 Å². The minimum atomic E-state index is -4.64. The van der Waals surface area contributed by atoms with Crippen LogP contribution in [-0.2, 0) is 9.53 Å². The minimum absolute atomic E-state index is 0.0548. The molecular weight excluding hydrogens is 257 g/mol. The summed E-state index contributed by atoms with van der Waals surface area (Å²) in [6, 6.07) is 11.2. The monoisotopic (exact) mass is 268 g/mol. The van der Waals surface area contributed by atoms with Crippen molar-refractivity contribution in [3.8, 4) is 0 Å². The summed E-state index contributed by atoms with van der Waals surface area (Å²) < 4.78 is 43.5. The number of rotatable bonds is 2. The molecule has 19 heavy (non-hydrogen) atoms. The fourth-order valence-corrected chi connectivity index (χ4v) is 1.95. The van der Waals surface area contributed by atoms with Crippen molar-refractivity contribution >= 4 is 16.7 Å². The topological polar surface area (TPSA) is 26.3 Å². The summed E-state index contributed by atoms with van der Waals surface area (Å²) in [6.07, 6.45) is -6.88. The van der Waals surface area contributed by atoms with E-state index < -0.39 is 18.2 Å². The molecule has 0 aliphatic heterocycles. The zero-order valence-corrected chi connectivity index (χ0v) is 10.1. The van der Waals surface area contributed by atoms with Gasteiger partial charge in [-0.3, -0.25) is 4.79 Å². The first-order valence-electron chi connectivity index (χ1n) is 5.61. The maximum atomic E-state index is 13.0. The normalized spacial score (nSPS) is 13.3. The third-order valence-corrected chi connectivity index (χ3v) is 2.69. The Labute approximate surface area is 107 Å². The molecule has 0 bridgehead atoms. The Kier molecular flexibility index (Phi) is 3.46. The van der Waals surface area contributed by atoms with Gasteiger partial charge in [0.2, 0.25) is 6.10 Å². The van der Waals surface area contributed by atoms with E-state index in [0.29, 0.717) is 10.8 Å². The number of fused-ring (bicyclic) bond motifs is 1. The zero-order valence-electron chi connectivity index (χ0n) is 10.1. The largest absolute Gasteiger partial charge is 0.448 e. The molecule has 1 unspecified atom stereocenters. The predicted molar refractivity (Wildman–Crippen MR) is 64.5 cm³/mol. The molecular formula is C14H11F3O2. The van der Waals surface area contributed by atoms with Crippen molar-refractivity contribution in [3.05, 3.63) is 48.0 Å². The molecule has 2 aromatic carbocycles. The first kappa shape index (κ1) is 13.4. The van der Waals surface area contributed by atoms with Gasteiger partial charge in [0.15, 0.2) is 0 Å². The van der Waals surface area contributed by atoms with E-state index in [9.17, 15) is 18.0 Å². The van der Waals surface area contributed by atoms with Gasteiger partial charge >= 0.3 is 12.1 Å². The lowest BCUT2D eigenvalue weighted by Crippen LogP contribution is -2.25. The molecule has 0 saturated carbocycles. The number of benzene rings is 2. The number of alkyl halides is 3. The molecule has 0 aromatic heterocycles. The molecule has 2 rings (SSSR count). The second-order valence-electron chi connectivity index (χ2n) is 4.10. The van der Waals surface area contributed by atoms with Crippen molar-refractivity contribution in [1.29, 1.82) is 0 Å². The van der Waals surface area contributed by atoms with Gasteiger partial charge in [0.25, 0.3) is 0 Å². The number of carbonyl (C=O) groups is 1. The van der Waals surface area contributed by atoms with Gasteiger partial charge in [0.1, 0.15) is 0 Å². The van der Waals surface area contributed by atoms with Crippen LogP contribution in [0.2, 0.25) is 0 Å². The van der Waals surface area contributed by atoms with Crippen molar-refractivity contribution in [1.82, 2.24) is 0 Å². The Hall–Kier alpha value is -2.04. The number of hydrogen-bond donors (Lipinski definition) is 0. The van der Waals surface area contributed by atoms with Gasteiger partial charge in [-0.25, -0.2) is 0 Å². The fraction of sp³-hybridized carbons (Fsp3) is 0.214. The molecule has 0 saturated heterocycles. The third-order valence-electron chi connectivity index (χ3n) is 2.69. The first-order chi connectivity index (χ1) is 8.89. The zero-order chi connectivity index (χ0) is 14.0. The summed E-state index contributed by atoms with van der Waals surface area (Å²) >= 11 is 0. The average molecular weight is 268 g/mol. The second-order valence-corrected chi connectivity index (χ2v) is 4.10. The summed E-state index contributed by atoms with van der Waals surface area (Å²) in [5.74, 6) is -0.963. The lowest BCUT2D eigenvalue weighted by atomic mass is 10.00. The van der Waals surface area contributed by atoms with Gasteiger partial charge in [-0.1, -0.05) is 42.5 Å². The smallest absolute Gasteiger partial charge is 0.429 e. The highest BCUT2D eigenvalue weighted by Gasteiger charge is 2.44. The summed E-state index contributed by atoms with van der Waals surface area (Å²) in [7, 11) is 0. The molecule has 0 fully saturated rings. The summed E-state index contributed by atoms with van der Waals surface area (Å²) in [5, 5.41) is 1.09. The molecule has 0 heterocycles. The molecule has 0 spiro atoms. The Morgan fingerprint density at radius 2 is 1.74 bits per heavy atom. The second kappa shape index (κ2) is 4.91. The minimum Gasteiger partial charge on any atom is -0.448 e. The van der Waals surface area contributed by atoms with Crippen LogP contribution < -0.4 is 0 Å². The molecule has 0 amide bonds. The van der Waals surface area contributed by atoms with Crippen molar-refractivity contribution < 1.29 is 22.7 Å². The van der Waals surface area contributed by atoms with E-state index in [-0.39, 0.29) is 5.56 Å². The quantitative estimate of drug-likeness (QED) is 0.769. The van der Waals surface area contributed by atoms with Gasteiger partial charge < -0.3 is 4.74 Å². The number of carbonyl (C=O) groups excluding carboxylic acids is 1. The van der Waals surface area contributed by atoms with Crippen LogP contribution in [0.25, 0.3) is 10.8 Å². The Morgan fingerprint density at radius 1 is 1.11 bits per heavy atom. The van der Waals surface area contributed by atoms with Crippen LogP contribution >= 0.6 is 0 Å². The van der Waals surface area contributed by atoms with Crippen LogP contribution in [-0.4, -0.2) is 12.1 Å². The van der Waals surface area contributed by atoms with Crippen LogP contribution in [0.4, 0.5) is 13.2 Å². The van der Waals surface area contributed by atoms with Gasteiger partial charge in [0, 0.05) is 12.5 Å². The first-order valence-corrected chi connectivity index (χ1v) is 5.61. The lowest BCUT2D eigenvalue weighted by Gasteiger charge is -2.21. The Morgan fingerprint density at radius 3 is 2.37 bits per heavy atom. The average Bonchev–Trinajstić information content (AvgIpc) is 2.34. The maximum Gasteiger partial charge on any atom is 0.429 e. The number of esters is 1. The summed E-state index contributed by atoms with van der Waals surface area (Å²) in [6.45, 7) is 0.962. The summed E-state index contributed by atoms with van der Waals surface area (Å²) in [5.41, 5.74) is -0.0548. The van der Waals surface area contributed by atoms with Gasteiger partial charge in [-0.2, -0.15) is 13.2 Å². The van der Waals surface area contributed by atoms with E-state index in [1.54, 1.807) is 30.3 Å². The highest BCUT2D eigenvalue weighted by Crippen LogP contribution is 2.38. The van der Waals surface area contributed by atoms with Gasteiger partial charge in [-0.05, 0) is 10.8 Å². The Bertz CT molecular complexity index is 600. The molecule has 5 heteroatoms. The molecule has 100 valence electrons. The van der Waals surface area contributed by atoms with E-state index in [1.807, 2.05) is 0 Å². The lowest BCUT2D eigenvalue weighted by molar-refractivity contribution is -0.222. The summed E-state index contributed by atoms with van der Waals surface area (Å²) in [4.78, 5) is 10.9. The van der Waals surface area contributed by atoms with E-state index in [2.05, 4.69) is 4.74 Å². The molecule has 0 radical (unpaired) electrons. The predicted octanol–water partition coefficient (Wildman–Crippen LogP) is 4.01. The Balaban J connectivity index is 2.59. The highest BCUT2D eigenvalue weighted by molar-refractivity contribution is 5.86. The molecule has 0 N–H and O–H groups in total. The van der Waals surface area contributed by atoms with Gasteiger partial charge in [-0.15, -0.1) is 0 Å². The van der Waals surface area contributed by atoms with E-state index >= 15 is 0 Å². The van der Waals surface area contributed by atoms with Crippen molar-refractivity contribution in [2.45, 2.75) is 19.2 Å². The maximum absolute atomic E-state index is 13.0. The molecule has 0 aliphatic rings. The molecule has 1 atom stereocenters. The van der Waals surface area contributed by atoms with Crippen LogP contribution in [0.5, 0.6) is 0 Å². The van der Waals surface area contributed by atoms with Crippen molar-refractivity contribution in [3.63, 3.8) is 0 Å². The van der Waals surface area contributed by atoms with E-state index in [4.69, 9.17) is 0 Å². The van der Waals surface area contributed by atoms with Crippen LogP contribution in [0.15, 0.2) is 42.5 Å². The van der Waals surface area contributed by atoms with E-state index in [1.165, 1.54) is 12.1 Å². The van der Waals surface area contributed by atoms with Crippen LogP contribution in [0.3, 0.4) is 0 Å². The molecule has 2 aromatic rings. The standard InChI is InChI=1S/C14H11F3O2/c1-9(18)19-13(14(15,16)17)12-8-4-6-10-5-2-3-7-11(10)12/h2-8,13H,1H3. The van der Waals surface area contributed by atoms with Gasteiger partial charge in [0.05, 0.1) is 0 Å². The van der Waals surface area contributed by atoms with Crippen LogP contribution in [0.1, 0.15) is 18.6 Å². The fourth-order valence-electron chi connectivity index (χ4n) is 1.95. The molecule has 0 aliphatic carbocycles. The third kappa shape index (κ3) is 2.86. The molecule has 2 nitrogen and oxygen atoms in total. The number of hydrogen-bond acceptors (Lipinski definition) is 2. The highest BCUT2D eigenvalue weighted by atomic mass is 19.4. The SMILES string of the molecule is CC(=O)OC(c1cccc2ccccc12)C(F)(F)F. The number of halogens is 3. The van der Waals surface area contributed by atoms with E-state index in [0.717, 1.165) is 6.92 Å².